The second-order valence-corrected chi connectivity index (χ2v) is 6.40. The van der Waals surface area contributed by atoms with Gasteiger partial charge in [-0.2, -0.15) is 0 Å². The molecule has 0 aliphatic heterocycles. The van der Waals surface area contributed by atoms with Crippen LogP contribution in [0.25, 0.3) is 0 Å². The second-order valence-electron chi connectivity index (χ2n) is 5.59. The van der Waals surface area contributed by atoms with Crippen molar-refractivity contribution in [1.29, 1.82) is 0 Å². The molecule has 0 aliphatic carbocycles. The maximum Gasteiger partial charge on any atom is 0.333 e. The van der Waals surface area contributed by atoms with Gasteiger partial charge in [0.2, 0.25) is 5.91 Å². The number of rotatable bonds is 5. The Morgan fingerprint density at radius 2 is 1.96 bits per heavy atom. The van der Waals surface area contributed by atoms with Crippen molar-refractivity contribution in [2.24, 2.45) is 0 Å². The molecule has 6 nitrogen and oxygen atoms in total. The summed E-state index contributed by atoms with van der Waals surface area (Å²) < 4.78 is 5.01. The summed E-state index contributed by atoms with van der Waals surface area (Å²) >= 11 is 11.8. The Morgan fingerprint density at radius 1 is 1.29 bits per heavy atom. The Morgan fingerprint density at radius 3 is 2.46 bits per heavy atom. The largest absolute Gasteiger partial charge is 0.479 e. The van der Waals surface area contributed by atoms with Crippen molar-refractivity contribution in [3.8, 4) is 0 Å². The van der Waals surface area contributed by atoms with Crippen LogP contribution in [0.5, 0.6) is 0 Å². The van der Waals surface area contributed by atoms with Gasteiger partial charge in [-0.3, -0.25) is 4.79 Å². The number of amides is 1. The highest BCUT2D eigenvalue weighted by Crippen LogP contribution is 2.29. The van der Waals surface area contributed by atoms with Gasteiger partial charge in [-0.1, -0.05) is 34.4 Å². The number of hydrogen-bond donors (Lipinski definition) is 2. The molecule has 2 rings (SSSR count). The fourth-order valence-electron chi connectivity index (χ4n) is 2.29. The topological polar surface area (TPSA) is 92.4 Å². The molecule has 0 saturated heterocycles. The molecule has 24 heavy (non-hydrogen) atoms. The average molecular weight is 371 g/mol. The van der Waals surface area contributed by atoms with Crippen LogP contribution in [-0.2, 0) is 21.5 Å². The van der Waals surface area contributed by atoms with Crippen LogP contribution in [0.2, 0.25) is 10.0 Å². The molecule has 0 fully saturated rings. The maximum atomic E-state index is 12.4. The van der Waals surface area contributed by atoms with Gasteiger partial charge in [-0.05, 0) is 38.5 Å². The third-order valence-corrected chi connectivity index (χ3v) is 4.57. The number of halogens is 2. The third-order valence-electron chi connectivity index (χ3n) is 3.83. The standard InChI is InChI=1S/C16H16Cl2N2O4/c1-8-11(9(2)24-20-8)7-14(21)19-16(3,15(22)23)10-4-5-12(17)13(18)6-10/h4-6H,7H2,1-3H3,(H,19,21)(H,22,23). The van der Waals surface area contributed by atoms with Crippen molar-refractivity contribution in [2.75, 3.05) is 0 Å². The van der Waals surface area contributed by atoms with Gasteiger partial charge in [-0.25, -0.2) is 4.79 Å². The first-order valence-electron chi connectivity index (χ1n) is 7.07. The SMILES string of the molecule is Cc1noc(C)c1CC(=O)NC(C)(C(=O)O)c1ccc(Cl)c(Cl)c1. The van der Waals surface area contributed by atoms with Gasteiger partial charge in [0.25, 0.3) is 0 Å². The predicted octanol–water partition coefficient (Wildman–Crippen LogP) is 3.26. The first kappa shape index (κ1) is 18.3. The van der Waals surface area contributed by atoms with Crippen LogP contribution >= 0.6 is 23.2 Å². The van der Waals surface area contributed by atoms with Crippen molar-refractivity contribution < 1.29 is 19.2 Å². The smallest absolute Gasteiger partial charge is 0.333 e. The van der Waals surface area contributed by atoms with Crippen LogP contribution in [0.3, 0.4) is 0 Å². The molecule has 1 aromatic heterocycles. The van der Waals surface area contributed by atoms with E-state index in [1.165, 1.54) is 25.1 Å². The number of carbonyl (C=O) groups excluding carboxylic acids is 1. The fourth-order valence-corrected chi connectivity index (χ4v) is 2.59. The normalized spacial score (nSPS) is 13.4. The summed E-state index contributed by atoms with van der Waals surface area (Å²) in [6.07, 6.45) is -0.0364. The molecular formula is C16H16Cl2N2O4. The molecule has 2 aromatic rings. The summed E-state index contributed by atoms with van der Waals surface area (Å²) in [6, 6.07) is 4.42. The molecule has 0 spiro atoms. The van der Waals surface area contributed by atoms with Crippen LogP contribution in [0.15, 0.2) is 22.7 Å². The molecule has 0 bridgehead atoms. The zero-order valence-electron chi connectivity index (χ0n) is 13.3. The molecule has 1 atom stereocenters. The van der Waals surface area contributed by atoms with Gasteiger partial charge in [0.1, 0.15) is 5.76 Å². The summed E-state index contributed by atoms with van der Waals surface area (Å²) in [5.41, 5.74) is -0.107. The monoisotopic (exact) mass is 370 g/mol. The number of nitrogens with zero attached hydrogens (tertiary/aromatic N) is 1. The van der Waals surface area contributed by atoms with Gasteiger partial charge in [-0.15, -0.1) is 0 Å². The Labute approximate surface area is 148 Å². The zero-order valence-corrected chi connectivity index (χ0v) is 14.8. The molecule has 2 N–H and O–H groups in total. The van der Waals surface area contributed by atoms with Crippen LogP contribution in [0.1, 0.15) is 29.5 Å². The van der Waals surface area contributed by atoms with E-state index in [-0.39, 0.29) is 11.4 Å². The van der Waals surface area contributed by atoms with E-state index in [9.17, 15) is 14.7 Å². The summed E-state index contributed by atoms with van der Waals surface area (Å²) in [7, 11) is 0. The number of nitrogens with one attached hydrogen (secondary N) is 1. The number of carboxylic acids is 1. The Bertz CT molecular complexity index is 784. The predicted molar refractivity (Wildman–Crippen MR) is 89.3 cm³/mol. The van der Waals surface area contributed by atoms with Gasteiger partial charge in [0, 0.05) is 5.56 Å². The van der Waals surface area contributed by atoms with Crippen LogP contribution < -0.4 is 5.32 Å². The molecule has 0 radical (unpaired) electrons. The van der Waals surface area contributed by atoms with Crippen molar-refractivity contribution >= 4 is 35.1 Å². The van der Waals surface area contributed by atoms with E-state index in [4.69, 9.17) is 27.7 Å². The van der Waals surface area contributed by atoms with E-state index < -0.39 is 17.4 Å². The van der Waals surface area contributed by atoms with E-state index in [0.717, 1.165) is 0 Å². The molecule has 1 aromatic carbocycles. The Hall–Kier alpha value is -2.05. The lowest BCUT2D eigenvalue weighted by molar-refractivity contribution is -0.147. The third kappa shape index (κ3) is 3.55. The Kier molecular flexibility index (Phi) is 5.20. The summed E-state index contributed by atoms with van der Waals surface area (Å²) in [6.45, 7) is 4.80. The van der Waals surface area contributed by atoms with Gasteiger partial charge >= 0.3 is 5.97 Å². The lowest BCUT2D eigenvalue weighted by Crippen LogP contribution is -2.50. The molecule has 128 valence electrons. The fraction of sp³-hybridized carbons (Fsp3) is 0.312. The number of carbonyl (C=O) groups is 2. The van der Waals surface area contributed by atoms with Crippen molar-refractivity contribution in [2.45, 2.75) is 32.7 Å². The van der Waals surface area contributed by atoms with Gasteiger partial charge in [0.05, 0.1) is 22.2 Å². The van der Waals surface area contributed by atoms with Crippen molar-refractivity contribution in [3.05, 3.63) is 50.8 Å². The number of carboxylic acid groups (broad SMARTS) is 1. The number of aromatic nitrogens is 1. The van der Waals surface area contributed by atoms with Crippen molar-refractivity contribution in [1.82, 2.24) is 10.5 Å². The molecule has 1 heterocycles. The second kappa shape index (κ2) is 6.83. The Balaban J connectivity index is 2.29. The lowest BCUT2D eigenvalue weighted by Gasteiger charge is -2.27. The molecule has 0 aliphatic rings. The van der Waals surface area contributed by atoms with Crippen LogP contribution in [0.4, 0.5) is 0 Å². The van der Waals surface area contributed by atoms with Crippen LogP contribution in [0, 0.1) is 13.8 Å². The van der Waals surface area contributed by atoms with E-state index in [0.29, 0.717) is 27.6 Å². The lowest BCUT2D eigenvalue weighted by atomic mass is 9.91. The highest BCUT2D eigenvalue weighted by atomic mass is 35.5. The van der Waals surface area contributed by atoms with Crippen molar-refractivity contribution in [3.63, 3.8) is 0 Å². The van der Waals surface area contributed by atoms with E-state index in [1.807, 2.05) is 0 Å². The highest BCUT2D eigenvalue weighted by Gasteiger charge is 2.37. The summed E-state index contributed by atoms with van der Waals surface area (Å²) in [4.78, 5) is 24.1. The van der Waals surface area contributed by atoms with Gasteiger partial charge in [0.15, 0.2) is 5.54 Å². The molecule has 1 unspecified atom stereocenters. The van der Waals surface area contributed by atoms with Crippen LogP contribution in [-0.4, -0.2) is 22.1 Å². The van der Waals surface area contributed by atoms with E-state index in [2.05, 4.69) is 10.5 Å². The number of benzene rings is 1. The highest BCUT2D eigenvalue weighted by molar-refractivity contribution is 6.42. The first-order valence-corrected chi connectivity index (χ1v) is 7.82. The zero-order chi connectivity index (χ0) is 18.1. The summed E-state index contributed by atoms with van der Waals surface area (Å²) in [5, 5.41) is 16.4. The van der Waals surface area contributed by atoms with E-state index in [1.54, 1.807) is 13.8 Å². The minimum absolute atomic E-state index is 0.0364. The number of aryl methyl sites for hydroxylation is 2. The first-order chi connectivity index (χ1) is 11.1. The molecule has 1 amide bonds. The number of aliphatic carboxylic acids is 1. The quantitative estimate of drug-likeness (QED) is 0.842. The molecule has 0 saturated carbocycles. The van der Waals surface area contributed by atoms with E-state index >= 15 is 0 Å². The minimum atomic E-state index is -1.65. The number of hydrogen-bond acceptors (Lipinski definition) is 4. The molecule has 8 heteroatoms. The average Bonchev–Trinajstić information content (AvgIpc) is 2.81. The maximum absolute atomic E-state index is 12.4. The minimum Gasteiger partial charge on any atom is -0.479 e. The summed E-state index contributed by atoms with van der Waals surface area (Å²) in [5.74, 6) is -1.16. The van der Waals surface area contributed by atoms with Gasteiger partial charge < -0.3 is 14.9 Å². The molecular weight excluding hydrogens is 355 g/mol.